The van der Waals surface area contributed by atoms with Crippen molar-refractivity contribution in [1.82, 2.24) is 0 Å². The van der Waals surface area contributed by atoms with Crippen LogP contribution in [0, 0.1) is 22.7 Å². The molecule has 3 nitrogen and oxygen atoms in total. The van der Waals surface area contributed by atoms with Crippen LogP contribution in [0.4, 0.5) is 5.69 Å². The first-order valence-electron chi connectivity index (χ1n) is 3.54. The number of nitriles is 2. The predicted octanol–water partition coefficient (Wildman–Crippen LogP) is 1.86. The van der Waals surface area contributed by atoms with Crippen molar-refractivity contribution in [3.05, 3.63) is 28.3 Å². The van der Waals surface area contributed by atoms with Crippen LogP contribution in [-0.2, 0) is 6.42 Å². The Morgan fingerprint density at radius 3 is 2.62 bits per heavy atom. The van der Waals surface area contributed by atoms with Crippen molar-refractivity contribution in [2.75, 3.05) is 5.73 Å². The van der Waals surface area contributed by atoms with E-state index < -0.39 is 0 Å². The Labute approximate surface area is 81.0 Å². The third-order valence-corrected chi connectivity index (χ3v) is 1.93. The normalized spacial score (nSPS) is 8.85. The molecule has 0 heterocycles. The van der Waals surface area contributed by atoms with Gasteiger partial charge in [0.25, 0.3) is 0 Å². The highest BCUT2D eigenvalue weighted by Crippen LogP contribution is 2.22. The Morgan fingerprint density at radius 2 is 2.08 bits per heavy atom. The van der Waals surface area contributed by atoms with Gasteiger partial charge in [0.1, 0.15) is 6.07 Å². The molecule has 64 valence electrons. The average Bonchev–Trinajstić information content (AvgIpc) is 2.11. The maximum absolute atomic E-state index is 8.61. The van der Waals surface area contributed by atoms with Crippen molar-refractivity contribution in [3.63, 3.8) is 0 Å². The van der Waals surface area contributed by atoms with E-state index in [2.05, 4.69) is 0 Å². The Bertz CT molecular complexity index is 412. The predicted molar refractivity (Wildman–Crippen MR) is 49.9 cm³/mol. The van der Waals surface area contributed by atoms with Crippen molar-refractivity contribution in [3.8, 4) is 12.1 Å². The van der Waals surface area contributed by atoms with Gasteiger partial charge in [0.05, 0.1) is 23.1 Å². The lowest BCUT2D eigenvalue weighted by Gasteiger charge is -2.02. The van der Waals surface area contributed by atoms with Crippen molar-refractivity contribution < 1.29 is 0 Å². The number of anilines is 1. The van der Waals surface area contributed by atoms with Crippen LogP contribution in [0.2, 0.25) is 5.02 Å². The first kappa shape index (κ1) is 9.38. The molecule has 0 saturated carbocycles. The van der Waals surface area contributed by atoms with Gasteiger partial charge < -0.3 is 5.73 Å². The highest BCUT2D eigenvalue weighted by atomic mass is 35.5. The SMILES string of the molecule is N#CCc1cc(Cl)c(C#N)cc1N. The summed E-state index contributed by atoms with van der Waals surface area (Å²) in [7, 11) is 0. The second-order valence-corrected chi connectivity index (χ2v) is 2.88. The molecule has 1 aromatic carbocycles. The minimum Gasteiger partial charge on any atom is -0.398 e. The van der Waals surface area contributed by atoms with Gasteiger partial charge in [-0.05, 0) is 17.7 Å². The van der Waals surface area contributed by atoms with E-state index in [1.54, 1.807) is 6.07 Å². The van der Waals surface area contributed by atoms with Gasteiger partial charge in [-0.15, -0.1) is 0 Å². The van der Waals surface area contributed by atoms with E-state index in [-0.39, 0.29) is 6.42 Å². The fraction of sp³-hybridized carbons (Fsp3) is 0.111. The van der Waals surface area contributed by atoms with Crippen LogP contribution in [0.3, 0.4) is 0 Å². The van der Waals surface area contributed by atoms with Gasteiger partial charge in [0.2, 0.25) is 0 Å². The number of nitrogens with zero attached hydrogens (tertiary/aromatic N) is 2. The van der Waals surface area contributed by atoms with E-state index in [0.717, 1.165) is 0 Å². The number of nitrogen functional groups attached to an aromatic ring is 1. The molecular weight excluding hydrogens is 186 g/mol. The average molecular weight is 192 g/mol. The summed E-state index contributed by atoms with van der Waals surface area (Å²) in [4.78, 5) is 0. The lowest BCUT2D eigenvalue weighted by Crippen LogP contribution is -1.94. The van der Waals surface area contributed by atoms with Crippen molar-refractivity contribution in [2.24, 2.45) is 0 Å². The molecule has 0 bridgehead atoms. The molecule has 0 spiro atoms. The Balaban J connectivity index is 3.24. The van der Waals surface area contributed by atoms with Crippen molar-refractivity contribution >= 4 is 17.3 Å². The molecule has 1 rings (SSSR count). The standard InChI is InChI=1S/C9H6ClN3/c10-8-3-6(1-2-11)9(13)4-7(8)5-12/h3-4H,1,13H2. The molecule has 0 radical (unpaired) electrons. The number of benzene rings is 1. The number of halogens is 1. The van der Waals surface area contributed by atoms with E-state index in [0.29, 0.717) is 21.8 Å². The van der Waals surface area contributed by atoms with Gasteiger partial charge in [-0.25, -0.2) is 0 Å². The van der Waals surface area contributed by atoms with Crippen LogP contribution >= 0.6 is 11.6 Å². The summed E-state index contributed by atoms with van der Waals surface area (Å²) in [5.41, 5.74) is 7.02. The molecule has 0 aliphatic rings. The van der Waals surface area contributed by atoms with Crippen molar-refractivity contribution in [2.45, 2.75) is 6.42 Å². The van der Waals surface area contributed by atoms with Gasteiger partial charge in [0, 0.05) is 5.69 Å². The second-order valence-electron chi connectivity index (χ2n) is 2.48. The van der Waals surface area contributed by atoms with Crippen molar-refractivity contribution in [1.29, 1.82) is 10.5 Å². The van der Waals surface area contributed by atoms with Gasteiger partial charge in [-0.2, -0.15) is 10.5 Å². The van der Waals surface area contributed by atoms with Crippen LogP contribution in [-0.4, -0.2) is 0 Å². The zero-order chi connectivity index (χ0) is 9.84. The van der Waals surface area contributed by atoms with E-state index in [4.69, 9.17) is 27.9 Å². The van der Waals surface area contributed by atoms with E-state index >= 15 is 0 Å². The van der Waals surface area contributed by atoms with Gasteiger partial charge >= 0.3 is 0 Å². The molecule has 4 heteroatoms. The number of hydrogen-bond donors (Lipinski definition) is 1. The molecule has 0 unspecified atom stereocenters. The monoisotopic (exact) mass is 191 g/mol. The van der Waals surface area contributed by atoms with Crippen LogP contribution in [0.15, 0.2) is 12.1 Å². The third-order valence-electron chi connectivity index (χ3n) is 1.62. The number of nitrogens with two attached hydrogens (primary N) is 1. The molecule has 0 fully saturated rings. The molecule has 0 saturated heterocycles. The Morgan fingerprint density at radius 1 is 1.38 bits per heavy atom. The molecule has 0 aliphatic heterocycles. The highest BCUT2D eigenvalue weighted by molar-refractivity contribution is 6.31. The smallest absolute Gasteiger partial charge is 0.101 e. The zero-order valence-electron chi connectivity index (χ0n) is 6.71. The second kappa shape index (κ2) is 3.80. The van der Waals surface area contributed by atoms with Crippen LogP contribution < -0.4 is 5.73 Å². The minimum atomic E-state index is 0.206. The fourth-order valence-corrected chi connectivity index (χ4v) is 1.18. The summed E-state index contributed by atoms with van der Waals surface area (Å²) in [6, 6.07) is 6.91. The first-order valence-corrected chi connectivity index (χ1v) is 3.91. The molecule has 1 aromatic rings. The first-order chi connectivity index (χ1) is 6.19. The zero-order valence-corrected chi connectivity index (χ0v) is 7.47. The fourth-order valence-electron chi connectivity index (χ4n) is 0.955. The molecule has 0 aliphatic carbocycles. The summed E-state index contributed by atoms with van der Waals surface area (Å²) in [6.07, 6.45) is 0.206. The number of rotatable bonds is 1. The van der Waals surface area contributed by atoms with Crippen LogP contribution in [0.25, 0.3) is 0 Å². The lowest BCUT2D eigenvalue weighted by molar-refractivity contribution is 1.26. The largest absolute Gasteiger partial charge is 0.398 e. The maximum atomic E-state index is 8.61. The maximum Gasteiger partial charge on any atom is 0.101 e. The third kappa shape index (κ3) is 1.90. The van der Waals surface area contributed by atoms with Crippen LogP contribution in [0.1, 0.15) is 11.1 Å². The topological polar surface area (TPSA) is 73.6 Å². The summed E-state index contributed by atoms with van der Waals surface area (Å²) in [5, 5.41) is 17.4. The molecular formula is C9H6ClN3. The van der Waals surface area contributed by atoms with E-state index in [1.807, 2.05) is 12.1 Å². The van der Waals surface area contributed by atoms with E-state index in [1.165, 1.54) is 6.07 Å². The van der Waals surface area contributed by atoms with Gasteiger partial charge in [-0.3, -0.25) is 0 Å². The highest BCUT2D eigenvalue weighted by Gasteiger charge is 2.05. The summed E-state index contributed by atoms with van der Waals surface area (Å²) < 4.78 is 0. The molecule has 0 aromatic heterocycles. The lowest BCUT2D eigenvalue weighted by atomic mass is 10.1. The van der Waals surface area contributed by atoms with Crippen LogP contribution in [0.5, 0.6) is 0 Å². The molecule has 0 atom stereocenters. The van der Waals surface area contributed by atoms with E-state index in [9.17, 15) is 0 Å². The number of hydrogen-bond acceptors (Lipinski definition) is 3. The Hall–Kier alpha value is -1.71. The summed E-state index contributed by atoms with van der Waals surface area (Å²) in [5.74, 6) is 0. The summed E-state index contributed by atoms with van der Waals surface area (Å²) >= 11 is 5.75. The molecule has 2 N–H and O–H groups in total. The Kier molecular flexibility index (Phi) is 2.74. The summed E-state index contributed by atoms with van der Waals surface area (Å²) in [6.45, 7) is 0. The van der Waals surface area contributed by atoms with Gasteiger partial charge in [0.15, 0.2) is 0 Å². The molecule has 0 amide bonds. The minimum absolute atomic E-state index is 0.206. The molecule has 13 heavy (non-hydrogen) atoms. The quantitative estimate of drug-likeness (QED) is 0.689. The van der Waals surface area contributed by atoms with Gasteiger partial charge in [-0.1, -0.05) is 11.6 Å².